The van der Waals surface area contributed by atoms with Crippen molar-refractivity contribution in [2.75, 3.05) is 6.54 Å². The van der Waals surface area contributed by atoms with Crippen LogP contribution in [0.3, 0.4) is 0 Å². The lowest BCUT2D eigenvalue weighted by Crippen LogP contribution is -2.29. The van der Waals surface area contributed by atoms with Crippen molar-refractivity contribution in [2.24, 2.45) is 0 Å². The number of carboxylic acids is 1. The predicted molar refractivity (Wildman–Crippen MR) is 75.9 cm³/mol. The smallest absolute Gasteiger partial charge is 0.352 e. The highest BCUT2D eigenvalue weighted by molar-refractivity contribution is 5.86. The molecule has 0 saturated carbocycles. The van der Waals surface area contributed by atoms with Crippen molar-refractivity contribution in [3.05, 3.63) is 42.7 Å². The number of hydrogen-bond donors (Lipinski definition) is 2. The standard InChI is InChI=1S/C14H18N4O3/c19-13(10-18-8-3-4-12(18)14(20)21)16-5-1-2-7-17-9-6-15-11-17/h3-4,6,8-9,11H,1-2,5,7,10H2,(H,16,19)(H,20,21). The predicted octanol–water partition coefficient (Wildman–Crippen LogP) is 0.979. The number of carbonyl (C=O) groups excluding carboxylic acids is 1. The molecule has 7 heteroatoms. The van der Waals surface area contributed by atoms with Crippen molar-refractivity contribution < 1.29 is 14.7 Å². The third kappa shape index (κ3) is 4.48. The van der Waals surface area contributed by atoms with Gasteiger partial charge in [0.05, 0.1) is 6.33 Å². The first kappa shape index (κ1) is 14.8. The maximum atomic E-state index is 11.7. The van der Waals surface area contributed by atoms with Crippen molar-refractivity contribution in [2.45, 2.75) is 25.9 Å². The van der Waals surface area contributed by atoms with Gasteiger partial charge in [0.1, 0.15) is 12.2 Å². The number of rotatable bonds is 8. The van der Waals surface area contributed by atoms with Gasteiger partial charge in [0.2, 0.25) is 5.91 Å². The van der Waals surface area contributed by atoms with Gasteiger partial charge in [0, 0.05) is 31.7 Å². The van der Waals surface area contributed by atoms with E-state index in [1.54, 1.807) is 24.8 Å². The summed E-state index contributed by atoms with van der Waals surface area (Å²) in [6, 6.07) is 3.09. The summed E-state index contributed by atoms with van der Waals surface area (Å²) in [5.41, 5.74) is 0.116. The third-order valence-corrected chi connectivity index (χ3v) is 3.09. The van der Waals surface area contributed by atoms with Gasteiger partial charge in [-0.2, -0.15) is 0 Å². The van der Waals surface area contributed by atoms with Crippen LogP contribution >= 0.6 is 0 Å². The maximum Gasteiger partial charge on any atom is 0.352 e. The molecule has 21 heavy (non-hydrogen) atoms. The monoisotopic (exact) mass is 290 g/mol. The summed E-state index contributed by atoms with van der Waals surface area (Å²) in [4.78, 5) is 26.6. The molecule has 2 aromatic heterocycles. The van der Waals surface area contributed by atoms with Gasteiger partial charge in [-0.25, -0.2) is 9.78 Å². The molecule has 7 nitrogen and oxygen atoms in total. The number of carboxylic acid groups (broad SMARTS) is 1. The molecule has 0 aliphatic rings. The summed E-state index contributed by atoms with van der Waals surface area (Å²) in [5.74, 6) is -1.22. The number of amides is 1. The van der Waals surface area contributed by atoms with Gasteiger partial charge >= 0.3 is 5.97 Å². The van der Waals surface area contributed by atoms with E-state index in [9.17, 15) is 9.59 Å². The topological polar surface area (TPSA) is 89.1 Å². The first-order valence-corrected chi connectivity index (χ1v) is 6.77. The Kier molecular flexibility index (Phi) is 5.14. The second kappa shape index (κ2) is 7.28. The summed E-state index contributed by atoms with van der Waals surface area (Å²) < 4.78 is 3.41. The zero-order valence-corrected chi connectivity index (χ0v) is 11.6. The zero-order chi connectivity index (χ0) is 15.1. The fraction of sp³-hybridized carbons (Fsp3) is 0.357. The highest BCUT2D eigenvalue weighted by Crippen LogP contribution is 2.02. The van der Waals surface area contributed by atoms with E-state index in [-0.39, 0.29) is 18.1 Å². The molecule has 0 aliphatic carbocycles. The molecule has 2 N–H and O–H groups in total. The number of aromatic nitrogens is 3. The van der Waals surface area contributed by atoms with Crippen LogP contribution in [0.25, 0.3) is 0 Å². The molecule has 0 atom stereocenters. The van der Waals surface area contributed by atoms with Crippen LogP contribution < -0.4 is 5.32 Å². The highest BCUT2D eigenvalue weighted by Gasteiger charge is 2.11. The van der Waals surface area contributed by atoms with E-state index in [0.29, 0.717) is 6.54 Å². The summed E-state index contributed by atoms with van der Waals surface area (Å²) in [7, 11) is 0. The molecule has 2 rings (SSSR count). The van der Waals surface area contributed by atoms with Gasteiger partial charge in [0.15, 0.2) is 0 Å². The molecule has 0 spiro atoms. The third-order valence-electron chi connectivity index (χ3n) is 3.09. The summed E-state index contributed by atoms with van der Waals surface area (Å²) >= 11 is 0. The molecule has 0 fully saturated rings. The average molecular weight is 290 g/mol. The van der Waals surface area contributed by atoms with Crippen LogP contribution in [0.5, 0.6) is 0 Å². The quantitative estimate of drug-likeness (QED) is 0.709. The number of nitrogens with zero attached hydrogens (tertiary/aromatic N) is 3. The Balaban J connectivity index is 1.65. The van der Waals surface area contributed by atoms with Crippen LogP contribution in [0.2, 0.25) is 0 Å². The minimum atomic E-state index is -1.03. The van der Waals surface area contributed by atoms with Gasteiger partial charge < -0.3 is 19.6 Å². The zero-order valence-electron chi connectivity index (χ0n) is 11.6. The van der Waals surface area contributed by atoms with Crippen LogP contribution in [0, 0.1) is 0 Å². The number of nitrogens with one attached hydrogen (secondary N) is 1. The Morgan fingerprint density at radius 2 is 2.14 bits per heavy atom. The van der Waals surface area contributed by atoms with Gasteiger partial charge in [-0.3, -0.25) is 4.79 Å². The van der Waals surface area contributed by atoms with Gasteiger partial charge in [-0.15, -0.1) is 0 Å². The van der Waals surface area contributed by atoms with Gasteiger partial charge in [-0.05, 0) is 25.0 Å². The molecule has 0 radical (unpaired) electrons. The minimum Gasteiger partial charge on any atom is -0.477 e. The van der Waals surface area contributed by atoms with E-state index < -0.39 is 5.97 Å². The lowest BCUT2D eigenvalue weighted by atomic mass is 10.3. The molecule has 0 aliphatic heterocycles. The molecule has 0 aromatic carbocycles. The molecular formula is C14H18N4O3. The molecule has 112 valence electrons. The maximum absolute atomic E-state index is 11.7. The first-order chi connectivity index (χ1) is 10.2. The number of carbonyl (C=O) groups is 2. The Morgan fingerprint density at radius 1 is 1.29 bits per heavy atom. The van der Waals surface area contributed by atoms with Crippen LogP contribution in [0.1, 0.15) is 23.3 Å². The summed E-state index contributed by atoms with van der Waals surface area (Å²) in [6.45, 7) is 1.48. The SMILES string of the molecule is O=C(Cn1cccc1C(=O)O)NCCCCn1ccnc1. The van der Waals surface area contributed by atoms with E-state index in [0.717, 1.165) is 19.4 Å². The highest BCUT2D eigenvalue weighted by atomic mass is 16.4. The summed E-state index contributed by atoms with van der Waals surface area (Å²) in [6.07, 6.45) is 8.79. The number of aromatic carboxylic acids is 1. The lowest BCUT2D eigenvalue weighted by Gasteiger charge is -2.08. The van der Waals surface area contributed by atoms with Crippen molar-refractivity contribution >= 4 is 11.9 Å². The fourth-order valence-corrected chi connectivity index (χ4v) is 2.02. The number of unbranched alkanes of at least 4 members (excludes halogenated alkanes) is 1. The largest absolute Gasteiger partial charge is 0.477 e. The first-order valence-electron chi connectivity index (χ1n) is 6.77. The van der Waals surface area contributed by atoms with Crippen LogP contribution in [0.15, 0.2) is 37.1 Å². The molecule has 0 unspecified atom stereocenters. The second-order valence-corrected chi connectivity index (χ2v) is 4.68. The number of hydrogen-bond acceptors (Lipinski definition) is 3. The van der Waals surface area contributed by atoms with Crippen LogP contribution in [-0.2, 0) is 17.9 Å². The Bertz CT molecular complexity index is 589. The Morgan fingerprint density at radius 3 is 2.86 bits per heavy atom. The fourth-order valence-electron chi connectivity index (χ4n) is 2.02. The molecule has 0 saturated heterocycles. The van der Waals surface area contributed by atoms with E-state index in [4.69, 9.17) is 5.11 Å². The Labute approximate surface area is 122 Å². The van der Waals surface area contributed by atoms with Crippen molar-refractivity contribution in [1.29, 1.82) is 0 Å². The van der Waals surface area contributed by atoms with Crippen LogP contribution in [-0.4, -0.2) is 37.6 Å². The van der Waals surface area contributed by atoms with Gasteiger partial charge in [-0.1, -0.05) is 0 Å². The lowest BCUT2D eigenvalue weighted by molar-refractivity contribution is -0.121. The molecule has 2 aromatic rings. The molecule has 1 amide bonds. The van der Waals surface area contributed by atoms with E-state index in [1.165, 1.54) is 10.6 Å². The molecule has 0 bridgehead atoms. The number of aryl methyl sites for hydroxylation is 1. The van der Waals surface area contributed by atoms with E-state index >= 15 is 0 Å². The molecular weight excluding hydrogens is 272 g/mol. The van der Waals surface area contributed by atoms with Crippen molar-refractivity contribution in [1.82, 2.24) is 19.4 Å². The normalized spacial score (nSPS) is 10.5. The van der Waals surface area contributed by atoms with E-state index in [2.05, 4.69) is 10.3 Å². The van der Waals surface area contributed by atoms with Crippen molar-refractivity contribution in [3.63, 3.8) is 0 Å². The summed E-state index contributed by atoms with van der Waals surface area (Å²) in [5, 5.41) is 11.7. The van der Waals surface area contributed by atoms with Crippen LogP contribution in [0.4, 0.5) is 0 Å². The Hall–Kier alpha value is -2.57. The van der Waals surface area contributed by atoms with E-state index in [1.807, 2.05) is 10.8 Å². The second-order valence-electron chi connectivity index (χ2n) is 4.68. The van der Waals surface area contributed by atoms with Crippen molar-refractivity contribution in [3.8, 4) is 0 Å². The van der Waals surface area contributed by atoms with Gasteiger partial charge in [0.25, 0.3) is 0 Å². The average Bonchev–Trinajstić information content (AvgIpc) is 3.09. The molecule has 2 heterocycles. The number of imidazole rings is 1. The minimum absolute atomic E-state index is 0.0240.